The molecule has 1 saturated carbocycles. The van der Waals surface area contributed by atoms with Crippen molar-refractivity contribution in [2.45, 2.75) is 13.3 Å². The third-order valence-electron chi connectivity index (χ3n) is 2.22. The number of halogens is 1. The van der Waals surface area contributed by atoms with E-state index in [1.807, 2.05) is 11.9 Å². The van der Waals surface area contributed by atoms with Gasteiger partial charge in [-0.15, -0.1) is 0 Å². The van der Waals surface area contributed by atoms with Gasteiger partial charge in [-0.25, -0.2) is 0 Å². The minimum absolute atomic E-state index is 0.317. The van der Waals surface area contributed by atoms with E-state index in [1.54, 1.807) is 0 Å². The lowest BCUT2D eigenvalue weighted by Crippen LogP contribution is -2.30. The number of amides is 1. The molecule has 0 bridgehead atoms. The molecule has 2 unspecified atom stereocenters. The van der Waals surface area contributed by atoms with Crippen LogP contribution in [0, 0.1) is 11.8 Å². The quantitative estimate of drug-likeness (QED) is 0.660. The Morgan fingerprint density at radius 3 is 2.64 bits per heavy atom. The van der Waals surface area contributed by atoms with Gasteiger partial charge in [-0.2, -0.15) is 0 Å². The SMILES string of the molecule is CC1CC1C(=O)N(C)CCBr. The minimum atomic E-state index is 0.317. The van der Waals surface area contributed by atoms with Crippen molar-refractivity contribution in [1.29, 1.82) is 0 Å². The van der Waals surface area contributed by atoms with Crippen LogP contribution >= 0.6 is 15.9 Å². The summed E-state index contributed by atoms with van der Waals surface area (Å²) in [6.45, 7) is 2.95. The van der Waals surface area contributed by atoms with Crippen molar-refractivity contribution in [3.63, 3.8) is 0 Å². The van der Waals surface area contributed by atoms with Crippen LogP contribution in [0.15, 0.2) is 0 Å². The second-order valence-corrected chi connectivity index (χ2v) is 4.06. The molecule has 1 amide bonds. The first kappa shape index (κ1) is 9.04. The summed E-state index contributed by atoms with van der Waals surface area (Å²) in [6.07, 6.45) is 1.09. The molecular formula is C8H14BrNO. The second kappa shape index (κ2) is 3.57. The summed E-state index contributed by atoms with van der Waals surface area (Å²) in [6, 6.07) is 0. The van der Waals surface area contributed by atoms with Crippen LogP contribution in [0.25, 0.3) is 0 Å². The lowest BCUT2D eigenvalue weighted by atomic mass is 10.3. The molecule has 0 N–H and O–H groups in total. The van der Waals surface area contributed by atoms with E-state index >= 15 is 0 Å². The number of carbonyl (C=O) groups excluding carboxylic acids is 1. The summed E-state index contributed by atoms with van der Waals surface area (Å²) < 4.78 is 0. The average molecular weight is 220 g/mol. The van der Waals surface area contributed by atoms with Crippen molar-refractivity contribution in [3.05, 3.63) is 0 Å². The number of hydrogen-bond donors (Lipinski definition) is 0. The monoisotopic (exact) mass is 219 g/mol. The van der Waals surface area contributed by atoms with Gasteiger partial charge in [0.15, 0.2) is 0 Å². The molecule has 0 radical (unpaired) electrons. The highest BCUT2D eigenvalue weighted by molar-refractivity contribution is 9.09. The van der Waals surface area contributed by atoms with E-state index in [1.165, 1.54) is 0 Å². The van der Waals surface area contributed by atoms with Crippen LogP contribution in [-0.4, -0.2) is 29.7 Å². The van der Waals surface area contributed by atoms with Gasteiger partial charge in [0.1, 0.15) is 0 Å². The van der Waals surface area contributed by atoms with Gasteiger partial charge in [-0.1, -0.05) is 22.9 Å². The third kappa shape index (κ3) is 2.19. The molecule has 0 spiro atoms. The fraction of sp³-hybridized carbons (Fsp3) is 0.875. The Hall–Kier alpha value is -0.0500. The maximum Gasteiger partial charge on any atom is 0.225 e. The largest absolute Gasteiger partial charge is 0.345 e. The van der Waals surface area contributed by atoms with Crippen molar-refractivity contribution in [3.8, 4) is 0 Å². The van der Waals surface area contributed by atoms with Gasteiger partial charge in [0.05, 0.1) is 0 Å². The fourth-order valence-electron chi connectivity index (χ4n) is 1.19. The molecule has 2 atom stereocenters. The predicted molar refractivity (Wildman–Crippen MR) is 48.7 cm³/mol. The van der Waals surface area contributed by atoms with Gasteiger partial charge < -0.3 is 4.90 Å². The summed E-state index contributed by atoms with van der Waals surface area (Å²) >= 11 is 3.31. The molecule has 0 aromatic heterocycles. The first-order chi connectivity index (χ1) is 5.16. The molecule has 0 aromatic carbocycles. The van der Waals surface area contributed by atoms with Crippen LogP contribution in [0.1, 0.15) is 13.3 Å². The van der Waals surface area contributed by atoms with Gasteiger partial charge in [0.25, 0.3) is 0 Å². The molecule has 0 aromatic rings. The average Bonchev–Trinajstić information content (AvgIpc) is 2.66. The Labute approximate surface area is 76.1 Å². The highest BCUT2D eigenvalue weighted by Crippen LogP contribution is 2.38. The number of carbonyl (C=O) groups is 1. The molecule has 1 aliphatic rings. The van der Waals surface area contributed by atoms with E-state index < -0.39 is 0 Å². The van der Waals surface area contributed by atoms with Crippen LogP contribution in [0.2, 0.25) is 0 Å². The van der Waals surface area contributed by atoms with Crippen molar-refractivity contribution in [1.82, 2.24) is 4.90 Å². The van der Waals surface area contributed by atoms with Gasteiger partial charge in [-0.05, 0) is 12.3 Å². The standard InChI is InChI=1S/C8H14BrNO/c1-6-5-7(6)8(11)10(2)4-3-9/h6-7H,3-5H2,1-2H3. The molecular weight excluding hydrogens is 206 g/mol. The number of nitrogens with zero attached hydrogens (tertiary/aromatic N) is 1. The van der Waals surface area contributed by atoms with E-state index in [9.17, 15) is 4.79 Å². The first-order valence-electron chi connectivity index (χ1n) is 3.97. The van der Waals surface area contributed by atoms with E-state index in [2.05, 4.69) is 22.9 Å². The van der Waals surface area contributed by atoms with Crippen LogP contribution in [0.4, 0.5) is 0 Å². The van der Waals surface area contributed by atoms with E-state index in [0.29, 0.717) is 17.7 Å². The highest BCUT2D eigenvalue weighted by Gasteiger charge is 2.40. The van der Waals surface area contributed by atoms with Crippen molar-refractivity contribution in [2.75, 3.05) is 18.9 Å². The van der Waals surface area contributed by atoms with Crippen LogP contribution in [0.3, 0.4) is 0 Å². The summed E-state index contributed by atoms with van der Waals surface area (Å²) in [5.74, 6) is 1.27. The Bertz CT molecular complexity index is 160. The zero-order chi connectivity index (χ0) is 8.43. The lowest BCUT2D eigenvalue weighted by molar-refractivity contribution is -0.131. The molecule has 3 heteroatoms. The van der Waals surface area contributed by atoms with E-state index in [4.69, 9.17) is 0 Å². The third-order valence-corrected chi connectivity index (χ3v) is 2.58. The molecule has 0 heterocycles. The Kier molecular flexibility index (Phi) is 2.93. The van der Waals surface area contributed by atoms with Crippen molar-refractivity contribution < 1.29 is 4.79 Å². The summed E-state index contributed by atoms with van der Waals surface area (Å²) in [7, 11) is 1.87. The van der Waals surface area contributed by atoms with Gasteiger partial charge in [0, 0.05) is 24.8 Å². The summed E-state index contributed by atoms with van der Waals surface area (Å²) in [5, 5.41) is 0.871. The van der Waals surface area contributed by atoms with E-state index in [0.717, 1.165) is 18.3 Å². The first-order valence-corrected chi connectivity index (χ1v) is 5.10. The molecule has 1 rings (SSSR count). The van der Waals surface area contributed by atoms with Gasteiger partial charge >= 0.3 is 0 Å². The van der Waals surface area contributed by atoms with Crippen LogP contribution in [-0.2, 0) is 4.79 Å². The maximum absolute atomic E-state index is 11.4. The Morgan fingerprint density at radius 2 is 2.27 bits per heavy atom. The summed E-state index contributed by atoms with van der Waals surface area (Å²) in [5.41, 5.74) is 0. The smallest absolute Gasteiger partial charge is 0.225 e. The molecule has 0 saturated heterocycles. The Morgan fingerprint density at radius 1 is 1.73 bits per heavy atom. The number of alkyl halides is 1. The molecule has 0 aliphatic heterocycles. The number of rotatable bonds is 3. The number of hydrogen-bond acceptors (Lipinski definition) is 1. The van der Waals surface area contributed by atoms with Crippen LogP contribution < -0.4 is 0 Å². The lowest BCUT2D eigenvalue weighted by Gasteiger charge is -2.14. The molecule has 11 heavy (non-hydrogen) atoms. The normalized spacial score (nSPS) is 28.3. The minimum Gasteiger partial charge on any atom is -0.345 e. The van der Waals surface area contributed by atoms with Crippen LogP contribution in [0.5, 0.6) is 0 Å². The molecule has 1 fully saturated rings. The van der Waals surface area contributed by atoms with Crippen molar-refractivity contribution in [2.24, 2.45) is 11.8 Å². The van der Waals surface area contributed by atoms with Gasteiger partial charge in [-0.3, -0.25) is 4.79 Å². The highest BCUT2D eigenvalue weighted by atomic mass is 79.9. The topological polar surface area (TPSA) is 20.3 Å². The molecule has 1 aliphatic carbocycles. The van der Waals surface area contributed by atoms with Gasteiger partial charge in [0.2, 0.25) is 5.91 Å². The zero-order valence-electron chi connectivity index (χ0n) is 7.01. The Balaban J connectivity index is 2.29. The zero-order valence-corrected chi connectivity index (χ0v) is 8.60. The molecule has 64 valence electrons. The summed E-state index contributed by atoms with van der Waals surface area (Å²) in [4.78, 5) is 13.2. The predicted octanol–water partition coefficient (Wildman–Crippen LogP) is 1.50. The second-order valence-electron chi connectivity index (χ2n) is 3.27. The maximum atomic E-state index is 11.4. The van der Waals surface area contributed by atoms with E-state index in [-0.39, 0.29) is 0 Å². The van der Waals surface area contributed by atoms with Crippen molar-refractivity contribution >= 4 is 21.8 Å². The fourth-order valence-corrected chi connectivity index (χ4v) is 1.72. The molecule has 2 nitrogen and oxygen atoms in total.